The average Bonchev–Trinajstić information content (AvgIpc) is 3.40. The Morgan fingerprint density at radius 1 is 1.21 bits per heavy atom. The fourth-order valence-corrected chi connectivity index (χ4v) is 7.25. The number of carbonyl (C=O) groups excluding carboxylic acids is 1. The first-order valence-corrected chi connectivity index (χ1v) is 13.6. The van der Waals surface area contributed by atoms with Crippen LogP contribution in [0.5, 0.6) is 0 Å². The number of benzene rings is 1. The van der Waals surface area contributed by atoms with E-state index in [1.807, 2.05) is 0 Å². The van der Waals surface area contributed by atoms with Crippen LogP contribution in [-0.2, 0) is 14.8 Å². The van der Waals surface area contributed by atoms with Crippen LogP contribution >= 0.6 is 11.3 Å². The normalized spacial score (nSPS) is 18.1. The summed E-state index contributed by atoms with van der Waals surface area (Å²) in [6.07, 6.45) is 4.03. The molecule has 1 amide bonds. The second-order valence-electron chi connectivity index (χ2n) is 8.79. The Labute approximate surface area is 201 Å². The number of nitrogens with one attached hydrogen (secondary N) is 1. The van der Waals surface area contributed by atoms with Gasteiger partial charge in [0, 0.05) is 35.5 Å². The summed E-state index contributed by atoms with van der Waals surface area (Å²) in [5.74, 6) is 0.364. The molecular weight excluding hydrogens is 479 g/mol. The van der Waals surface area contributed by atoms with Gasteiger partial charge in [0.1, 0.15) is 5.82 Å². The molecule has 180 valence electrons. The van der Waals surface area contributed by atoms with Crippen molar-refractivity contribution in [1.29, 1.82) is 0 Å². The van der Waals surface area contributed by atoms with Crippen LogP contribution < -0.4 is 5.32 Å². The standard InChI is InChI=1S/C23H25FN4O4S2/c1-14-20(13-19(33-14)21-26-23(32-27-21)16-4-2-5-16)34(30,31)28-10-8-15(9-11-28)22(29)25-18-7-3-6-17(24)12-18/h3,6-7,12-13,15-16H,2,4-5,8-11H2,1H3,(H,25,29). The average molecular weight is 505 g/mol. The van der Waals surface area contributed by atoms with Crippen molar-refractivity contribution in [2.45, 2.75) is 49.8 Å². The molecule has 1 aromatic carbocycles. The smallest absolute Gasteiger partial charge is 0.244 e. The number of halogens is 1. The van der Waals surface area contributed by atoms with E-state index < -0.39 is 15.8 Å². The van der Waals surface area contributed by atoms with Crippen molar-refractivity contribution in [3.8, 4) is 10.7 Å². The minimum atomic E-state index is -3.72. The third kappa shape index (κ3) is 4.51. The van der Waals surface area contributed by atoms with Crippen LogP contribution in [0.25, 0.3) is 10.7 Å². The molecule has 1 saturated carbocycles. The molecule has 1 aliphatic carbocycles. The number of hydrogen-bond donors (Lipinski definition) is 1. The first-order chi connectivity index (χ1) is 16.3. The van der Waals surface area contributed by atoms with E-state index in [0.29, 0.717) is 45.9 Å². The molecule has 0 atom stereocenters. The highest BCUT2D eigenvalue weighted by Gasteiger charge is 2.34. The van der Waals surface area contributed by atoms with E-state index >= 15 is 0 Å². The van der Waals surface area contributed by atoms with Gasteiger partial charge in [-0.15, -0.1) is 11.3 Å². The Morgan fingerprint density at radius 3 is 2.65 bits per heavy atom. The van der Waals surface area contributed by atoms with Crippen LogP contribution in [0.15, 0.2) is 39.8 Å². The molecule has 34 heavy (non-hydrogen) atoms. The van der Waals surface area contributed by atoms with E-state index in [2.05, 4.69) is 15.5 Å². The van der Waals surface area contributed by atoms with Gasteiger partial charge in [0.25, 0.3) is 0 Å². The summed E-state index contributed by atoms with van der Waals surface area (Å²) in [5.41, 5.74) is 0.392. The van der Waals surface area contributed by atoms with E-state index in [0.717, 1.165) is 19.3 Å². The number of piperidine rings is 1. The van der Waals surface area contributed by atoms with E-state index in [1.165, 1.54) is 33.8 Å². The molecule has 3 heterocycles. The molecule has 0 spiro atoms. The number of sulfonamides is 1. The van der Waals surface area contributed by atoms with Gasteiger partial charge in [-0.1, -0.05) is 17.6 Å². The second kappa shape index (κ2) is 9.20. The Balaban J connectivity index is 1.25. The topological polar surface area (TPSA) is 105 Å². The van der Waals surface area contributed by atoms with Crippen LogP contribution in [0.1, 0.15) is 48.8 Å². The van der Waals surface area contributed by atoms with Crippen LogP contribution in [0.3, 0.4) is 0 Å². The summed E-state index contributed by atoms with van der Waals surface area (Å²) >= 11 is 1.33. The number of amides is 1. The Hall–Kier alpha value is -2.63. The van der Waals surface area contributed by atoms with Gasteiger partial charge in [0.05, 0.1) is 9.77 Å². The van der Waals surface area contributed by atoms with E-state index in [4.69, 9.17) is 4.52 Å². The lowest BCUT2D eigenvalue weighted by Gasteiger charge is -2.30. The zero-order valence-electron chi connectivity index (χ0n) is 18.7. The molecule has 2 aromatic heterocycles. The van der Waals surface area contributed by atoms with Gasteiger partial charge < -0.3 is 9.84 Å². The SMILES string of the molecule is Cc1sc(-c2noc(C3CCC3)n2)cc1S(=O)(=O)N1CCC(C(=O)Nc2cccc(F)c2)CC1. The minimum absolute atomic E-state index is 0.226. The number of hydrogen-bond acceptors (Lipinski definition) is 7. The van der Waals surface area contributed by atoms with Gasteiger partial charge in [-0.3, -0.25) is 4.79 Å². The maximum absolute atomic E-state index is 13.4. The summed E-state index contributed by atoms with van der Waals surface area (Å²) in [4.78, 5) is 18.6. The Morgan fingerprint density at radius 2 is 1.97 bits per heavy atom. The zero-order chi connectivity index (χ0) is 23.9. The van der Waals surface area contributed by atoms with Gasteiger partial charge in [0.15, 0.2) is 0 Å². The predicted octanol–water partition coefficient (Wildman–Crippen LogP) is 4.55. The Kier molecular flexibility index (Phi) is 6.26. The van der Waals surface area contributed by atoms with E-state index in [9.17, 15) is 17.6 Å². The van der Waals surface area contributed by atoms with Crippen molar-refractivity contribution in [3.63, 3.8) is 0 Å². The monoisotopic (exact) mass is 504 g/mol. The molecule has 1 saturated heterocycles. The van der Waals surface area contributed by atoms with Crippen LogP contribution in [0, 0.1) is 18.7 Å². The van der Waals surface area contributed by atoms with Crippen molar-refractivity contribution >= 4 is 33.0 Å². The summed E-state index contributed by atoms with van der Waals surface area (Å²) in [7, 11) is -3.72. The molecule has 1 N–H and O–H groups in total. The number of nitrogens with zero attached hydrogens (tertiary/aromatic N) is 3. The fourth-order valence-electron chi connectivity index (χ4n) is 4.30. The first-order valence-electron chi connectivity index (χ1n) is 11.3. The lowest BCUT2D eigenvalue weighted by molar-refractivity contribution is -0.120. The van der Waals surface area contributed by atoms with Gasteiger partial charge >= 0.3 is 0 Å². The van der Waals surface area contributed by atoms with E-state index in [1.54, 1.807) is 19.1 Å². The fraction of sp³-hybridized carbons (Fsp3) is 0.435. The summed E-state index contributed by atoms with van der Waals surface area (Å²) in [5, 5.41) is 6.77. The maximum atomic E-state index is 13.4. The number of carbonyl (C=O) groups is 1. The molecule has 0 bridgehead atoms. The van der Waals surface area contributed by atoms with Crippen molar-refractivity contribution in [2.24, 2.45) is 5.92 Å². The van der Waals surface area contributed by atoms with Crippen molar-refractivity contribution in [3.05, 3.63) is 46.9 Å². The number of rotatable bonds is 6. The van der Waals surface area contributed by atoms with Crippen LogP contribution in [0.4, 0.5) is 10.1 Å². The van der Waals surface area contributed by atoms with Gasteiger partial charge in [0.2, 0.25) is 27.6 Å². The maximum Gasteiger partial charge on any atom is 0.244 e. The first kappa shape index (κ1) is 23.1. The molecular formula is C23H25FN4O4S2. The zero-order valence-corrected chi connectivity index (χ0v) is 20.3. The van der Waals surface area contributed by atoms with Gasteiger partial charge in [-0.2, -0.15) is 9.29 Å². The number of anilines is 1. The Bertz CT molecular complexity index is 1310. The number of thiophene rings is 1. The molecule has 5 rings (SSSR count). The molecule has 8 nitrogen and oxygen atoms in total. The number of aryl methyl sites for hydroxylation is 1. The molecule has 1 aliphatic heterocycles. The molecule has 2 fully saturated rings. The largest absolute Gasteiger partial charge is 0.339 e. The van der Waals surface area contributed by atoms with Gasteiger partial charge in [-0.25, -0.2) is 12.8 Å². The molecule has 2 aliphatic rings. The van der Waals surface area contributed by atoms with Crippen LogP contribution in [-0.4, -0.2) is 41.9 Å². The molecule has 0 unspecified atom stereocenters. The highest BCUT2D eigenvalue weighted by atomic mass is 32.2. The van der Waals surface area contributed by atoms with E-state index in [-0.39, 0.29) is 29.8 Å². The second-order valence-corrected chi connectivity index (χ2v) is 12.0. The highest BCUT2D eigenvalue weighted by Crippen LogP contribution is 2.38. The van der Waals surface area contributed by atoms with Crippen molar-refractivity contribution in [1.82, 2.24) is 14.4 Å². The van der Waals surface area contributed by atoms with Gasteiger partial charge in [-0.05, 0) is 56.9 Å². The predicted molar refractivity (Wildman–Crippen MR) is 125 cm³/mol. The van der Waals surface area contributed by atoms with Crippen molar-refractivity contribution < 1.29 is 22.1 Å². The quantitative estimate of drug-likeness (QED) is 0.528. The molecule has 11 heteroatoms. The lowest BCUT2D eigenvalue weighted by atomic mass is 9.85. The van der Waals surface area contributed by atoms with Crippen LogP contribution in [0.2, 0.25) is 0 Å². The van der Waals surface area contributed by atoms with Crippen molar-refractivity contribution in [2.75, 3.05) is 18.4 Å². The summed E-state index contributed by atoms with van der Waals surface area (Å²) < 4.78 is 46.9. The summed E-state index contributed by atoms with van der Waals surface area (Å²) in [6.45, 7) is 2.25. The minimum Gasteiger partial charge on any atom is -0.339 e. The molecule has 0 radical (unpaired) electrons. The third-order valence-electron chi connectivity index (χ3n) is 6.52. The lowest BCUT2D eigenvalue weighted by Crippen LogP contribution is -2.41. The molecule has 3 aromatic rings. The third-order valence-corrected chi connectivity index (χ3v) is 9.72. The summed E-state index contributed by atoms with van der Waals surface area (Å²) in [6, 6.07) is 7.33. The highest BCUT2D eigenvalue weighted by molar-refractivity contribution is 7.89. The number of aromatic nitrogens is 2.